The summed E-state index contributed by atoms with van der Waals surface area (Å²) in [5, 5.41) is 4.88. The van der Waals surface area contributed by atoms with Crippen LogP contribution >= 0.6 is 11.3 Å². The molecule has 102 valence electrons. The van der Waals surface area contributed by atoms with Crippen molar-refractivity contribution < 1.29 is 18.3 Å². The van der Waals surface area contributed by atoms with E-state index in [0.29, 0.717) is 18.0 Å². The largest absolute Gasteiger partial charge is 0.497 e. The second-order valence-corrected chi connectivity index (χ2v) is 4.29. The maximum absolute atomic E-state index is 12.3. The molecule has 0 aliphatic rings. The highest BCUT2D eigenvalue weighted by atomic mass is 32.1. The molecule has 0 saturated carbocycles. The summed E-state index contributed by atoms with van der Waals surface area (Å²) in [5.41, 5.74) is 2.97. The predicted octanol–water partition coefficient (Wildman–Crippen LogP) is 3.37. The van der Waals surface area contributed by atoms with Crippen molar-refractivity contribution in [2.24, 2.45) is 0 Å². The number of alkyl halides is 2. The zero-order valence-corrected chi connectivity index (χ0v) is 10.9. The molecule has 1 N–H and O–H groups in total. The molecule has 0 atom stereocenters. The number of rotatable bonds is 6. The standard InChI is InChI=1S/C12H12F2N2O2S/c1-17-9-2-3-11(18-12(13)14)10(4-9)15-5-8-6-19-7-16-8/h2-4,6-7,12,15H,5H2,1H3. The number of halogens is 2. The Labute approximate surface area is 113 Å². The smallest absolute Gasteiger partial charge is 0.387 e. The SMILES string of the molecule is COc1ccc(OC(F)F)c(NCc2cscn2)c1. The summed E-state index contributed by atoms with van der Waals surface area (Å²) in [5.74, 6) is 0.633. The minimum atomic E-state index is -2.87. The van der Waals surface area contributed by atoms with E-state index in [-0.39, 0.29) is 5.75 Å². The summed E-state index contributed by atoms with van der Waals surface area (Å²) in [6, 6.07) is 4.60. The first-order valence-corrected chi connectivity index (χ1v) is 6.37. The Morgan fingerprint density at radius 1 is 1.42 bits per heavy atom. The van der Waals surface area contributed by atoms with E-state index in [4.69, 9.17) is 4.74 Å². The monoisotopic (exact) mass is 286 g/mol. The first-order chi connectivity index (χ1) is 9.19. The number of anilines is 1. The lowest BCUT2D eigenvalue weighted by atomic mass is 10.2. The van der Waals surface area contributed by atoms with Crippen LogP contribution in [0.1, 0.15) is 5.69 Å². The van der Waals surface area contributed by atoms with Gasteiger partial charge in [-0.2, -0.15) is 8.78 Å². The van der Waals surface area contributed by atoms with Crippen molar-refractivity contribution in [3.8, 4) is 11.5 Å². The Hall–Kier alpha value is -1.89. The van der Waals surface area contributed by atoms with Gasteiger partial charge in [-0.05, 0) is 12.1 Å². The van der Waals surface area contributed by atoms with Crippen LogP contribution in [0, 0.1) is 0 Å². The fourth-order valence-corrected chi connectivity index (χ4v) is 2.04. The van der Waals surface area contributed by atoms with Crippen LogP contribution in [0.2, 0.25) is 0 Å². The van der Waals surface area contributed by atoms with Crippen molar-refractivity contribution in [2.45, 2.75) is 13.2 Å². The van der Waals surface area contributed by atoms with E-state index in [0.717, 1.165) is 5.69 Å². The summed E-state index contributed by atoms with van der Waals surface area (Å²) in [7, 11) is 1.51. The van der Waals surface area contributed by atoms with Gasteiger partial charge in [0.2, 0.25) is 0 Å². The van der Waals surface area contributed by atoms with Crippen molar-refractivity contribution in [3.63, 3.8) is 0 Å². The Morgan fingerprint density at radius 3 is 2.89 bits per heavy atom. The van der Waals surface area contributed by atoms with Gasteiger partial charge in [0.1, 0.15) is 11.5 Å². The Balaban J connectivity index is 2.14. The number of thiazole rings is 1. The molecule has 0 fully saturated rings. The lowest BCUT2D eigenvalue weighted by molar-refractivity contribution is -0.0493. The van der Waals surface area contributed by atoms with Crippen LogP contribution in [-0.4, -0.2) is 18.7 Å². The molecule has 0 unspecified atom stereocenters. The fraction of sp³-hybridized carbons (Fsp3) is 0.250. The van der Waals surface area contributed by atoms with Gasteiger partial charge in [-0.3, -0.25) is 0 Å². The fourth-order valence-electron chi connectivity index (χ4n) is 1.48. The zero-order valence-electron chi connectivity index (χ0n) is 10.1. The number of aromatic nitrogens is 1. The molecule has 4 nitrogen and oxygen atoms in total. The first kappa shape index (κ1) is 13.5. The molecule has 0 radical (unpaired) electrons. The number of hydrogen-bond acceptors (Lipinski definition) is 5. The van der Waals surface area contributed by atoms with Crippen molar-refractivity contribution in [3.05, 3.63) is 34.8 Å². The van der Waals surface area contributed by atoms with Crippen molar-refractivity contribution in [2.75, 3.05) is 12.4 Å². The third-order valence-electron chi connectivity index (χ3n) is 2.35. The van der Waals surface area contributed by atoms with Crippen LogP contribution in [0.25, 0.3) is 0 Å². The average Bonchev–Trinajstić information content (AvgIpc) is 2.90. The molecule has 0 amide bonds. The van der Waals surface area contributed by atoms with E-state index in [2.05, 4.69) is 15.0 Å². The van der Waals surface area contributed by atoms with Gasteiger partial charge in [-0.15, -0.1) is 11.3 Å². The lowest BCUT2D eigenvalue weighted by Gasteiger charge is -2.13. The van der Waals surface area contributed by atoms with E-state index < -0.39 is 6.61 Å². The van der Waals surface area contributed by atoms with E-state index in [9.17, 15) is 8.78 Å². The molecule has 2 aromatic rings. The molecule has 1 heterocycles. The van der Waals surface area contributed by atoms with Crippen molar-refractivity contribution >= 4 is 17.0 Å². The summed E-state index contributed by atoms with van der Waals surface area (Å²) in [4.78, 5) is 4.10. The van der Waals surface area contributed by atoms with Gasteiger partial charge in [0.15, 0.2) is 0 Å². The van der Waals surface area contributed by atoms with Gasteiger partial charge in [0.05, 0.1) is 30.5 Å². The maximum Gasteiger partial charge on any atom is 0.387 e. The van der Waals surface area contributed by atoms with E-state index in [1.165, 1.54) is 24.5 Å². The quantitative estimate of drug-likeness (QED) is 0.884. The normalized spacial score (nSPS) is 10.5. The summed E-state index contributed by atoms with van der Waals surface area (Å²) < 4.78 is 34.1. The lowest BCUT2D eigenvalue weighted by Crippen LogP contribution is -2.07. The first-order valence-electron chi connectivity index (χ1n) is 5.43. The summed E-state index contributed by atoms with van der Waals surface area (Å²) in [6.07, 6.45) is 0. The second-order valence-electron chi connectivity index (χ2n) is 3.57. The van der Waals surface area contributed by atoms with Crippen molar-refractivity contribution in [1.82, 2.24) is 4.98 Å². The second kappa shape index (κ2) is 6.33. The minimum Gasteiger partial charge on any atom is -0.497 e. The molecule has 19 heavy (non-hydrogen) atoms. The van der Waals surface area contributed by atoms with E-state index in [1.54, 1.807) is 17.6 Å². The molecule has 0 aliphatic heterocycles. The van der Waals surface area contributed by atoms with Crippen molar-refractivity contribution in [1.29, 1.82) is 0 Å². The predicted molar refractivity (Wildman–Crippen MR) is 69.1 cm³/mol. The van der Waals surface area contributed by atoms with E-state index >= 15 is 0 Å². The molecule has 7 heteroatoms. The average molecular weight is 286 g/mol. The van der Waals surface area contributed by atoms with E-state index in [1.807, 2.05) is 5.38 Å². The third-order valence-corrected chi connectivity index (χ3v) is 2.98. The molecule has 2 rings (SSSR count). The highest BCUT2D eigenvalue weighted by molar-refractivity contribution is 7.07. The van der Waals surface area contributed by atoms with Crippen LogP contribution < -0.4 is 14.8 Å². The topological polar surface area (TPSA) is 43.4 Å². The summed E-state index contributed by atoms with van der Waals surface area (Å²) >= 11 is 1.47. The van der Waals surface area contributed by atoms with Crippen LogP contribution in [0.4, 0.5) is 14.5 Å². The Morgan fingerprint density at radius 2 is 2.26 bits per heavy atom. The number of hydrogen-bond donors (Lipinski definition) is 1. The summed E-state index contributed by atoms with van der Waals surface area (Å²) in [6.45, 7) is -2.44. The van der Waals surface area contributed by atoms with Gasteiger partial charge in [0, 0.05) is 11.4 Å². The van der Waals surface area contributed by atoms with Gasteiger partial charge in [-0.25, -0.2) is 4.98 Å². The zero-order chi connectivity index (χ0) is 13.7. The molecule has 0 saturated heterocycles. The molecule has 0 aliphatic carbocycles. The van der Waals surface area contributed by atoms with Crippen LogP contribution in [0.15, 0.2) is 29.1 Å². The van der Waals surface area contributed by atoms with Crippen LogP contribution in [0.5, 0.6) is 11.5 Å². The number of benzene rings is 1. The molecule has 1 aromatic heterocycles. The highest BCUT2D eigenvalue weighted by Crippen LogP contribution is 2.30. The van der Waals surface area contributed by atoms with Gasteiger partial charge >= 0.3 is 6.61 Å². The number of methoxy groups -OCH3 is 1. The van der Waals surface area contributed by atoms with Gasteiger partial charge in [-0.1, -0.05) is 0 Å². The highest BCUT2D eigenvalue weighted by Gasteiger charge is 2.11. The Kier molecular flexibility index (Phi) is 4.51. The minimum absolute atomic E-state index is 0.0750. The number of nitrogens with zero attached hydrogens (tertiary/aromatic N) is 1. The Bertz CT molecular complexity index is 520. The third kappa shape index (κ3) is 3.78. The molecule has 0 spiro atoms. The molecular weight excluding hydrogens is 274 g/mol. The maximum atomic E-state index is 12.3. The number of ether oxygens (including phenoxy) is 2. The molecule has 1 aromatic carbocycles. The van der Waals surface area contributed by atoms with Crippen LogP contribution in [0.3, 0.4) is 0 Å². The molecular formula is C12H12F2N2O2S. The molecule has 0 bridgehead atoms. The van der Waals surface area contributed by atoms with Crippen LogP contribution in [-0.2, 0) is 6.54 Å². The number of nitrogens with one attached hydrogen (secondary N) is 1. The van der Waals surface area contributed by atoms with Gasteiger partial charge < -0.3 is 14.8 Å². The van der Waals surface area contributed by atoms with Gasteiger partial charge in [0.25, 0.3) is 0 Å².